The summed E-state index contributed by atoms with van der Waals surface area (Å²) in [5.41, 5.74) is 0. The highest BCUT2D eigenvalue weighted by atomic mass is 16.6. The number of ether oxygens (including phenoxy) is 3. The Morgan fingerprint density at radius 3 is 0.800 bits per heavy atom. The Morgan fingerprint density at radius 1 is 0.286 bits per heavy atom. The van der Waals surface area contributed by atoms with Crippen molar-refractivity contribution >= 4 is 17.9 Å². The molecule has 0 aliphatic carbocycles. The summed E-state index contributed by atoms with van der Waals surface area (Å²) in [6.07, 6.45) is 79.0. The van der Waals surface area contributed by atoms with Crippen LogP contribution in [0.2, 0.25) is 0 Å². The largest absolute Gasteiger partial charge is 0.462 e. The van der Waals surface area contributed by atoms with Crippen LogP contribution < -0.4 is 0 Å². The molecule has 70 heavy (non-hydrogen) atoms. The van der Waals surface area contributed by atoms with Gasteiger partial charge in [0.05, 0.1) is 0 Å². The third-order valence-electron chi connectivity index (χ3n) is 11.7. The van der Waals surface area contributed by atoms with Gasteiger partial charge in [-0.05, 0) is 122 Å². The Bertz CT molecular complexity index is 1490. The Kier molecular flexibility index (Phi) is 54.0. The fraction of sp³-hybridized carbons (Fsp3) is 0.641. The van der Waals surface area contributed by atoms with E-state index in [9.17, 15) is 14.4 Å². The van der Waals surface area contributed by atoms with Gasteiger partial charge in [-0.25, -0.2) is 0 Å². The molecule has 0 N–H and O–H groups in total. The van der Waals surface area contributed by atoms with Crippen LogP contribution in [0.25, 0.3) is 0 Å². The van der Waals surface area contributed by atoms with Crippen LogP contribution in [0.15, 0.2) is 122 Å². The van der Waals surface area contributed by atoms with Gasteiger partial charge in [0.15, 0.2) is 6.10 Å². The van der Waals surface area contributed by atoms with E-state index in [1.807, 2.05) is 0 Å². The minimum absolute atomic E-state index is 0.0980. The van der Waals surface area contributed by atoms with Gasteiger partial charge in [0.2, 0.25) is 0 Å². The smallest absolute Gasteiger partial charge is 0.306 e. The summed E-state index contributed by atoms with van der Waals surface area (Å²) in [6.45, 7) is 6.27. The van der Waals surface area contributed by atoms with E-state index in [4.69, 9.17) is 14.2 Å². The molecule has 0 aromatic rings. The highest BCUT2D eigenvalue weighted by Crippen LogP contribution is 2.14. The van der Waals surface area contributed by atoms with Gasteiger partial charge < -0.3 is 14.2 Å². The predicted molar refractivity (Wildman–Crippen MR) is 302 cm³/mol. The second-order valence-electron chi connectivity index (χ2n) is 18.4. The van der Waals surface area contributed by atoms with Crippen molar-refractivity contribution in [3.63, 3.8) is 0 Å². The van der Waals surface area contributed by atoms with Gasteiger partial charge in [0.1, 0.15) is 13.2 Å². The predicted octanol–water partition coefficient (Wildman–Crippen LogP) is 19.3. The van der Waals surface area contributed by atoms with Crippen LogP contribution >= 0.6 is 0 Å². The van der Waals surface area contributed by atoms with Crippen molar-refractivity contribution < 1.29 is 28.6 Å². The van der Waals surface area contributed by atoms with E-state index < -0.39 is 6.10 Å². The number of unbranched alkanes of at least 4 members (excludes halogenated alkanes) is 19. The second-order valence-corrected chi connectivity index (χ2v) is 18.4. The number of carbonyl (C=O) groups is 3. The molecular formula is C64H104O6. The maximum absolute atomic E-state index is 12.9. The molecule has 0 rings (SSSR count). The Hall–Kier alpha value is -4.19. The van der Waals surface area contributed by atoms with Crippen molar-refractivity contribution in [3.8, 4) is 0 Å². The van der Waals surface area contributed by atoms with E-state index in [-0.39, 0.29) is 31.1 Å². The minimum atomic E-state index is -0.801. The fourth-order valence-electron chi connectivity index (χ4n) is 7.52. The van der Waals surface area contributed by atoms with E-state index >= 15 is 0 Å². The topological polar surface area (TPSA) is 78.9 Å². The van der Waals surface area contributed by atoms with Crippen LogP contribution in [-0.4, -0.2) is 37.2 Å². The maximum atomic E-state index is 12.9. The summed E-state index contributed by atoms with van der Waals surface area (Å²) in [5.74, 6) is -0.940. The van der Waals surface area contributed by atoms with Gasteiger partial charge in [-0.2, -0.15) is 0 Å². The van der Waals surface area contributed by atoms with Crippen LogP contribution in [0.5, 0.6) is 0 Å². The van der Waals surface area contributed by atoms with Crippen molar-refractivity contribution in [1.82, 2.24) is 0 Å². The molecule has 0 aromatic carbocycles. The molecule has 0 saturated carbocycles. The molecule has 6 nitrogen and oxygen atoms in total. The zero-order valence-electron chi connectivity index (χ0n) is 45.2. The van der Waals surface area contributed by atoms with Gasteiger partial charge in [-0.3, -0.25) is 14.4 Å². The van der Waals surface area contributed by atoms with E-state index in [1.54, 1.807) is 0 Å². The van der Waals surface area contributed by atoms with E-state index in [0.29, 0.717) is 19.3 Å². The molecular weight excluding hydrogens is 865 g/mol. The average molecular weight is 970 g/mol. The van der Waals surface area contributed by atoms with Crippen molar-refractivity contribution in [2.24, 2.45) is 0 Å². The lowest BCUT2D eigenvalue weighted by Gasteiger charge is -2.18. The second kappa shape index (κ2) is 57.4. The zero-order chi connectivity index (χ0) is 50.7. The summed E-state index contributed by atoms with van der Waals surface area (Å²) in [6, 6.07) is 0. The third kappa shape index (κ3) is 54.7. The number of rotatable bonds is 50. The normalized spacial score (nSPS) is 13.0. The first-order chi connectivity index (χ1) is 34.5. The van der Waals surface area contributed by atoms with Crippen molar-refractivity contribution in [2.45, 2.75) is 252 Å². The molecule has 6 heteroatoms. The molecule has 0 aliphatic rings. The standard InChI is InChI=1S/C64H104O6/c1-4-7-10-13-16-19-22-25-28-30-32-34-36-39-42-45-48-51-54-57-63(66)69-60-61(59-68-62(65)56-53-50-47-44-41-38-27-24-21-18-15-12-9-6-3)70-64(67)58-55-52-49-46-43-40-37-35-33-31-29-26-23-20-17-14-11-8-5-2/h7-12,16-21,25-29,32,34,38,61H,4-6,13-15,22-24,30-31,33,35-37,39-60H2,1-3H3/b10-7-,11-8-,12-9-,19-16-,20-17-,21-18-,28-25-,29-26-,34-32-,38-27-. The number of carbonyl (C=O) groups excluding carboxylic acids is 3. The Morgan fingerprint density at radius 2 is 0.514 bits per heavy atom. The lowest BCUT2D eigenvalue weighted by molar-refractivity contribution is -0.167. The number of allylic oxidation sites excluding steroid dienone is 20. The first-order valence-corrected chi connectivity index (χ1v) is 28.5. The number of hydrogen-bond acceptors (Lipinski definition) is 6. The van der Waals surface area contributed by atoms with Gasteiger partial charge in [-0.1, -0.05) is 226 Å². The maximum Gasteiger partial charge on any atom is 0.306 e. The van der Waals surface area contributed by atoms with E-state index in [2.05, 4.69) is 142 Å². The van der Waals surface area contributed by atoms with Gasteiger partial charge >= 0.3 is 17.9 Å². The number of hydrogen-bond donors (Lipinski definition) is 0. The molecule has 1 atom stereocenters. The summed E-state index contributed by atoms with van der Waals surface area (Å²) < 4.78 is 16.8. The highest BCUT2D eigenvalue weighted by molar-refractivity contribution is 5.71. The lowest BCUT2D eigenvalue weighted by atomic mass is 10.1. The van der Waals surface area contributed by atoms with Gasteiger partial charge in [0, 0.05) is 19.3 Å². The lowest BCUT2D eigenvalue weighted by Crippen LogP contribution is -2.30. The molecule has 0 aliphatic heterocycles. The van der Waals surface area contributed by atoms with Gasteiger partial charge in [-0.15, -0.1) is 0 Å². The quantitative estimate of drug-likeness (QED) is 0.0262. The van der Waals surface area contributed by atoms with E-state index in [0.717, 1.165) is 154 Å². The number of esters is 3. The molecule has 0 bridgehead atoms. The fourth-order valence-corrected chi connectivity index (χ4v) is 7.52. The SMILES string of the molecule is CC/C=C\C/C=C\C/C=C\C/C=C\CCCCCCCCC(=O)OCC(COC(=O)CCCCCC/C=C\C/C=C\C/C=C\CC)OC(=O)CCCCCCCCCCC/C=C\C/C=C\C/C=C\CC. The molecule has 0 radical (unpaired) electrons. The first-order valence-electron chi connectivity index (χ1n) is 28.5. The minimum Gasteiger partial charge on any atom is -0.462 e. The summed E-state index contributed by atoms with van der Waals surface area (Å²) in [4.78, 5) is 38.2. The summed E-state index contributed by atoms with van der Waals surface area (Å²) >= 11 is 0. The van der Waals surface area contributed by atoms with Crippen LogP contribution in [0.4, 0.5) is 0 Å². The molecule has 0 saturated heterocycles. The van der Waals surface area contributed by atoms with Crippen molar-refractivity contribution in [2.75, 3.05) is 13.2 Å². The Labute approximate surface area is 431 Å². The van der Waals surface area contributed by atoms with Gasteiger partial charge in [0.25, 0.3) is 0 Å². The molecule has 0 amide bonds. The highest BCUT2D eigenvalue weighted by Gasteiger charge is 2.19. The van der Waals surface area contributed by atoms with Crippen LogP contribution in [0.3, 0.4) is 0 Å². The average Bonchev–Trinajstić information content (AvgIpc) is 3.36. The zero-order valence-corrected chi connectivity index (χ0v) is 45.2. The molecule has 0 aromatic heterocycles. The van der Waals surface area contributed by atoms with Crippen molar-refractivity contribution in [1.29, 1.82) is 0 Å². The van der Waals surface area contributed by atoms with Crippen molar-refractivity contribution in [3.05, 3.63) is 122 Å². The first kappa shape index (κ1) is 65.8. The molecule has 396 valence electrons. The molecule has 1 unspecified atom stereocenters. The van der Waals surface area contributed by atoms with E-state index in [1.165, 1.54) is 51.4 Å². The van der Waals surface area contributed by atoms with Crippen LogP contribution in [-0.2, 0) is 28.6 Å². The summed E-state index contributed by atoms with van der Waals surface area (Å²) in [7, 11) is 0. The van der Waals surface area contributed by atoms with Crippen LogP contribution in [0.1, 0.15) is 245 Å². The molecule has 0 spiro atoms. The third-order valence-corrected chi connectivity index (χ3v) is 11.7. The van der Waals surface area contributed by atoms with Crippen LogP contribution in [0, 0.1) is 0 Å². The Balaban J connectivity index is 4.45. The molecule has 0 fully saturated rings. The molecule has 0 heterocycles. The monoisotopic (exact) mass is 969 g/mol. The summed E-state index contributed by atoms with van der Waals surface area (Å²) in [5, 5.41) is 0.